The number of carbonyl (C=O) groups excluding carboxylic acids is 1. The summed E-state index contributed by atoms with van der Waals surface area (Å²) in [7, 11) is 1.54. The molecule has 0 saturated heterocycles. The fourth-order valence-electron chi connectivity index (χ4n) is 2.07. The SMILES string of the molecule is C=CCOC(=O)/C=C/c1cc(I)c(OCc2ccc(F)cc2)c(OC)c1. The molecule has 0 unspecified atom stereocenters. The molecule has 0 bridgehead atoms. The molecule has 0 radical (unpaired) electrons. The Bertz CT molecular complexity index is 800. The first kappa shape index (κ1) is 20.0. The highest BCUT2D eigenvalue weighted by atomic mass is 127. The summed E-state index contributed by atoms with van der Waals surface area (Å²) in [5, 5.41) is 0. The summed E-state index contributed by atoms with van der Waals surface area (Å²) >= 11 is 2.13. The molecule has 0 fully saturated rings. The number of benzene rings is 2. The number of methoxy groups -OCH3 is 1. The Balaban J connectivity index is 2.12. The van der Waals surface area contributed by atoms with E-state index < -0.39 is 5.97 Å². The fourth-order valence-corrected chi connectivity index (χ4v) is 2.85. The summed E-state index contributed by atoms with van der Waals surface area (Å²) in [6.07, 6.45) is 4.48. The molecule has 0 saturated carbocycles. The predicted octanol–water partition coefficient (Wildman–Crippen LogP) is 4.76. The average Bonchev–Trinajstić information content (AvgIpc) is 2.64. The molecule has 2 rings (SSSR count). The molecule has 0 spiro atoms. The Morgan fingerprint density at radius 3 is 2.65 bits per heavy atom. The number of rotatable bonds is 8. The summed E-state index contributed by atoms with van der Waals surface area (Å²) in [4.78, 5) is 11.5. The molecule has 0 N–H and O–H groups in total. The van der Waals surface area contributed by atoms with E-state index in [-0.39, 0.29) is 19.0 Å². The lowest BCUT2D eigenvalue weighted by Crippen LogP contribution is -2.01. The van der Waals surface area contributed by atoms with Crippen molar-refractivity contribution in [2.75, 3.05) is 13.7 Å². The van der Waals surface area contributed by atoms with Gasteiger partial charge in [0.25, 0.3) is 0 Å². The smallest absolute Gasteiger partial charge is 0.331 e. The molecule has 2 aromatic rings. The van der Waals surface area contributed by atoms with Crippen molar-refractivity contribution < 1.29 is 23.4 Å². The number of esters is 1. The van der Waals surface area contributed by atoms with E-state index in [1.54, 1.807) is 31.4 Å². The molecule has 0 aliphatic carbocycles. The first-order chi connectivity index (χ1) is 12.5. The molecule has 136 valence electrons. The Kier molecular flexibility index (Phi) is 7.65. The first-order valence-corrected chi connectivity index (χ1v) is 8.82. The van der Waals surface area contributed by atoms with Crippen LogP contribution in [0.4, 0.5) is 4.39 Å². The first-order valence-electron chi connectivity index (χ1n) is 7.74. The van der Waals surface area contributed by atoms with E-state index in [1.807, 2.05) is 6.07 Å². The van der Waals surface area contributed by atoms with Gasteiger partial charge in [0.15, 0.2) is 11.5 Å². The number of halogens is 2. The van der Waals surface area contributed by atoms with Crippen LogP contribution in [0.5, 0.6) is 11.5 Å². The van der Waals surface area contributed by atoms with Crippen LogP contribution in [0.1, 0.15) is 11.1 Å². The number of hydrogen-bond donors (Lipinski definition) is 0. The minimum Gasteiger partial charge on any atom is -0.493 e. The second-order valence-electron chi connectivity index (χ2n) is 5.20. The van der Waals surface area contributed by atoms with E-state index in [4.69, 9.17) is 14.2 Å². The van der Waals surface area contributed by atoms with Gasteiger partial charge in [-0.2, -0.15) is 0 Å². The summed E-state index contributed by atoms with van der Waals surface area (Å²) in [6, 6.07) is 9.74. The van der Waals surface area contributed by atoms with Crippen molar-refractivity contribution in [2.24, 2.45) is 0 Å². The van der Waals surface area contributed by atoms with Gasteiger partial charge >= 0.3 is 5.97 Å². The van der Waals surface area contributed by atoms with Crippen molar-refractivity contribution in [3.63, 3.8) is 0 Å². The third-order valence-corrected chi connectivity index (χ3v) is 4.10. The molecule has 0 atom stereocenters. The van der Waals surface area contributed by atoms with E-state index in [0.29, 0.717) is 11.5 Å². The van der Waals surface area contributed by atoms with Gasteiger partial charge in [0, 0.05) is 6.08 Å². The van der Waals surface area contributed by atoms with Gasteiger partial charge in [-0.3, -0.25) is 0 Å². The number of carbonyl (C=O) groups is 1. The van der Waals surface area contributed by atoms with Gasteiger partial charge in [-0.05, 0) is 64.1 Å². The Hall–Kier alpha value is -2.35. The third kappa shape index (κ3) is 5.87. The molecule has 2 aromatic carbocycles. The lowest BCUT2D eigenvalue weighted by Gasteiger charge is -2.13. The second-order valence-corrected chi connectivity index (χ2v) is 6.36. The molecule has 0 aliphatic rings. The van der Waals surface area contributed by atoms with Crippen molar-refractivity contribution in [2.45, 2.75) is 6.61 Å². The van der Waals surface area contributed by atoms with Crippen LogP contribution in [0.3, 0.4) is 0 Å². The van der Waals surface area contributed by atoms with Crippen LogP contribution in [0, 0.1) is 9.39 Å². The molecule has 0 amide bonds. The summed E-state index contributed by atoms with van der Waals surface area (Å²) in [5.74, 6) is 0.390. The van der Waals surface area contributed by atoms with Crippen molar-refractivity contribution in [3.05, 3.63) is 75.6 Å². The molecule has 0 heterocycles. The van der Waals surface area contributed by atoms with Crippen molar-refractivity contribution in [1.29, 1.82) is 0 Å². The molecule has 26 heavy (non-hydrogen) atoms. The van der Waals surface area contributed by atoms with Gasteiger partial charge in [0.2, 0.25) is 0 Å². The summed E-state index contributed by atoms with van der Waals surface area (Å²) in [5.41, 5.74) is 1.62. The lowest BCUT2D eigenvalue weighted by atomic mass is 10.2. The maximum atomic E-state index is 13.0. The summed E-state index contributed by atoms with van der Waals surface area (Å²) < 4.78 is 29.9. The van der Waals surface area contributed by atoms with E-state index in [2.05, 4.69) is 29.2 Å². The maximum absolute atomic E-state index is 13.0. The molecule has 0 aliphatic heterocycles. The molecular formula is C20H18FIO4. The zero-order valence-corrected chi connectivity index (χ0v) is 16.4. The fraction of sp³-hybridized carbons (Fsp3) is 0.150. The zero-order valence-electron chi connectivity index (χ0n) is 14.2. The van der Waals surface area contributed by atoms with Gasteiger partial charge in [0.1, 0.15) is 19.0 Å². The Labute approximate surface area is 165 Å². The maximum Gasteiger partial charge on any atom is 0.331 e. The second kappa shape index (κ2) is 9.96. The normalized spacial score (nSPS) is 10.6. The topological polar surface area (TPSA) is 44.8 Å². The van der Waals surface area contributed by atoms with Crippen molar-refractivity contribution >= 4 is 34.6 Å². The highest BCUT2D eigenvalue weighted by Crippen LogP contribution is 2.35. The largest absolute Gasteiger partial charge is 0.493 e. The average molecular weight is 468 g/mol. The Morgan fingerprint density at radius 2 is 2.00 bits per heavy atom. The van der Waals surface area contributed by atoms with Crippen LogP contribution in [0.25, 0.3) is 6.08 Å². The zero-order chi connectivity index (χ0) is 18.9. The van der Waals surface area contributed by atoms with Crippen LogP contribution in [-0.2, 0) is 16.1 Å². The van der Waals surface area contributed by atoms with Crippen LogP contribution in [0.2, 0.25) is 0 Å². The van der Waals surface area contributed by atoms with Gasteiger partial charge in [-0.25, -0.2) is 9.18 Å². The van der Waals surface area contributed by atoms with Gasteiger partial charge in [0.05, 0.1) is 10.7 Å². The quantitative estimate of drug-likeness (QED) is 0.243. The lowest BCUT2D eigenvalue weighted by molar-refractivity contribution is -0.136. The van der Waals surface area contributed by atoms with E-state index in [1.165, 1.54) is 24.3 Å². The molecular weight excluding hydrogens is 450 g/mol. The van der Waals surface area contributed by atoms with Crippen molar-refractivity contribution in [1.82, 2.24) is 0 Å². The van der Waals surface area contributed by atoms with Crippen LogP contribution >= 0.6 is 22.6 Å². The van der Waals surface area contributed by atoms with Crippen molar-refractivity contribution in [3.8, 4) is 11.5 Å². The molecule has 4 nitrogen and oxygen atoms in total. The van der Waals surface area contributed by atoms with Crippen LogP contribution < -0.4 is 9.47 Å². The predicted molar refractivity (Wildman–Crippen MR) is 107 cm³/mol. The monoisotopic (exact) mass is 468 g/mol. The van der Waals surface area contributed by atoms with E-state index >= 15 is 0 Å². The van der Waals surface area contributed by atoms with Crippen LogP contribution in [0.15, 0.2) is 55.1 Å². The van der Waals surface area contributed by atoms with Gasteiger partial charge in [-0.1, -0.05) is 24.8 Å². The number of ether oxygens (including phenoxy) is 3. The van der Waals surface area contributed by atoms with Crippen LogP contribution in [-0.4, -0.2) is 19.7 Å². The number of hydrogen-bond acceptors (Lipinski definition) is 4. The van der Waals surface area contributed by atoms with Gasteiger partial charge < -0.3 is 14.2 Å². The molecule has 6 heteroatoms. The van der Waals surface area contributed by atoms with E-state index in [0.717, 1.165) is 14.7 Å². The minimum absolute atomic E-state index is 0.167. The van der Waals surface area contributed by atoms with E-state index in [9.17, 15) is 9.18 Å². The third-order valence-electron chi connectivity index (χ3n) is 3.30. The standard InChI is InChI=1S/C20H18FIO4/c1-3-10-25-19(23)9-6-15-11-17(22)20(18(12-15)24-2)26-13-14-4-7-16(21)8-5-14/h3-9,11-12H,1,10,13H2,2H3/b9-6+. The highest BCUT2D eigenvalue weighted by Gasteiger charge is 2.11. The minimum atomic E-state index is -0.449. The Morgan fingerprint density at radius 1 is 1.27 bits per heavy atom. The summed E-state index contributed by atoms with van der Waals surface area (Å²) in [6.45, 7) is 3.94. The van der Waals surface area contributed by atoms with Gasteiger partial charge in [-0.15, -0.1) is 0 Å². The molecule has 0 aromatic heterocycles. The highest BCUT2D eigenvalue weighted by molar-refractivity contribution is 14.1.